The Kier molecular flexibility index (Phi) is 7.75. The van der Waals surface area contributed by atoms with Gasteiger partial charge >= 0.3 is 0 Å². The molecule has 0 unspecified atom stereocenters. The Bertz CT molecular complexity index is 1280. The second-order valence-corrected chi connectivity index (χ2v) is 7.97. The summed E-state index contributed by atoms with van der Waals surface area (Å²) in [6.45, 7) is 1.81. The maximum absolute atomic E-state index is 13.6. The highest BCUT2D eigenvalue weighted by molar-refractivity contribution is 6.30. The maximum atomic E-state index is 13.6. The van der Waals surface area contributed by atoms with Gasteiger partial charge in [-0.05, 0) is 35.9 Å². The Labute approximate surface area is 203 Å². The van der Waals surface area contributed by atoms with Crippen molar-refractivity contribution in [2.45, 2.75) is 26.3 Å². The number of guanidine groups is 1. The second kappa shape index (κ2) is 10.6. The van der Waals surface area contributed by atoms with Gasteiger partial charge < -0.3 is 10.4 Å². The molecule has 1 heterocycles. The van der Waals surface area contributed by atoms with Crippen LogP contribution in [0, 0.1) is 5.82 Å². The number of pyridine rings is 1. The van der Waals surface area contributed by atoms with Gasteiger partial charge in [-0.15, -0.1) is 0 Å². The normalized spacial score (nSPS) is 11.8. The smallest absolute Gasteiger partial charge is 0.280 e. The van der Waals surface area contributed by atoms with Crippen LogP contribution in [0.15, 0.2) is 65.7 Å². The molecular weight excluding hydrogens is 485 g/mol. The van der Waals surface area contributed by atoms with Crippen molar-refractivity contribution in [1.82, 2.24) is 9.88 Å². The lowest BCUT2D eigenvalue weighted by Crippen LogP contribution is -2.40. The van der Waals surface area contributed by atoms with Gasteiger partial charge in [-0.3, -0.25) is 14.5 Å². The van der Waals surface area contributed by atoms with Gasteiger partial charge in [-0.2, -0.15) is 9.98 Å². The number of alkyl halides is 2. The van der Waals surface area contributed by atoms with Crippen molar-refractivity contribution in [3.8, 4) is 5.88 Å². The first-order chi connectivity index (χ1) is 16.4. The third-order valence-corrected chi connectivity index (χ3v) is 5.07. The average Bonchev–Trinajstić information content (AvgIpc) is 2.78. The number of aromatic nitrogens is 1. The molecule has 0 bridgehead atoms. The van der Waals surface area contributed by atoms with E-state index in [4.69, 9.17) is 11.6 Å². The number of nitrogens with one attached hydrogen (secondary N) is 1. The molecule has 3 rings (SSSR count). The molecule has 2 N–H and O–H groups in total. The summed E-state index contributed by atoms with van der Waals surface area (Å²) in [5, 5.41) is 12.2. The summed E-state index contributed by atoms with van der Waals surface area (Å²) in [5.41, 5.74) is 0.153. The van der Waals surface area contributed by atoms with E-state index >= 15 is 0 Å². The molecule has 2 aromatic carbocycles. The highest BCUT2D eigenvalue weighted by atomic mass is 35.5. The van der Waals surface area contributed by atoms with E-state index in [1.165, 1.54) is 49.4 Å². The predicted molar refractivity (Wildman–Crippen MR) is 125 cm³/mol. The van der Waals surface area contributed by atoms with Crippen LogP contribution in [0.3, 0.4) is 0 Å². The summed E-state index contributed by atoms with van der Waals surface area (Å²) in [6, 6.07) is 12.7. The van der Waals surface area contributed by atoms with Crippen LogP contribution in [0.4, 0.5) is 19.0 Å². The fraction of sp³-hybridized carbons (Fsp3) is 0.167. The van der Waals surface area contributed by atoms with Crippen LogP contribution in [0.25, 0.3) is 0 Å². The van der Waals surface area contributed by atoms with E-state index in [2.05, 4.69) is 15.3 Å². The Morgan fingerprint density at radius 3 is 2.40 bits per heavy atom. The number of hydrogen-bond donors (Lipinski definition) is 2. The molecule has 0 saturated carbocycles. The molecule has 0 radical (unpaired) electrons. The highest BCUT2D eigenvalue weighted by Crippen LogP contribution is 2.27. The van der Waals surface area contributed by atoms with E-state index < -0.39 is 23.6 Å². The largest absolute Gasteiger partial charge is 0.493 e. The minimum atomic E-state index is -3.08. The number of amides is 2. The number of carbonyl (C=O) groups is 2. The summed E-state index contributed by atoms with van der Waals surface area (Å²) in [6.07, 6.45) is 0. The van der Waals surface area contributed by atoms with Crippen molar-refractivity contribution in [2.75, 3.05) is 5.32 Å². The molecule has 0 aliphatic carbocycles. The summed E-state index contributed by atoms with van der Waals surface area (Å²) in [4.78, 5) is 34.3. The molecule has 7 nitrogen and oxygen atoms in total. The topological polar surface area (TPSA) is 94.9 Å². The summed E-state index contributed by atoms with van der Waals surface area (Å²) >= 11 is 5.84. The van der Waals surface area contributed by atoms with E-state index in [0.717, 1.165) is 30.0 Å². The first-order valence-electron chi connectivity index (χ1n) is 10.2. The standard InChI is InChI=1S/C24H20ClF3N4O3/c1-14(33)32(13-15-6-11-19(26)18(25)12-15)23(30-20-4-3-5-21(34)29-20)31-22(35)16-7-9-17(10-8-16)24(2,27)28/h3-12H,13H2,1-2H3,(H2,29,30,31,34,35). The molecule has 0 aliphatic heterocycles. The monoisotopic (exact) mass is 504 g/mol. The molecule has 0 fully saturated rings. The van der Waals surface area contributed by atoms with E-state index in [1.807, 2.05) is 0 Å². The van der Waals surface area contributed by atoms with Gasteiger partial charge in [0.1, 0.15) is 11.6 Å². The van der Waals surface area contributed by atoms with Gasteiger partial charge in [0, 0.05) is 31.0 Å². The average molecular weight is 505 g/mol. The van der Waals surface area contributed by atoms with Gasteiger partial charge in [0.15, 0.2) is 0 Å². The number of nitrogens with zero attached hydrogens (tertiary/aromatic N) is 3. The number of aromatic hydroxyl groups is 1. The molecule has 3 aromatic rings. The van der Waals surface area contributed by atoms with Gasteiger partial charge in [0.25, 0.3) is 11.8 Å². The van der Waals surface area contributed by atoms with Gasteiger partial charge in [0.2, 0.25) is 17.7 Å². The highest BCUT2D eigenvalue weighted by Gasteiger charge is 2.25. The molecule has 1 aromatic heterocycles. The summed E-state index contributed by atoms with van der Waals surface area (Å²) in [7, 11) is 0. The number of halogens is 4. The maximum Gasteiger partial charge on any atom is 0.280 e. The zero-order chi connectivity index (χ0) is 25.8. The van der Waals surface area contributed by atoms with Crippen LogP contribution < -0.4 is 5.32 Å². The number of aliphatic imine (C=N–C) groups is 1. The fourth-order valence-corrected chi connectivity index (χ4v) is 3.19. The minimum Gasteiger partial charge on any atom is -0.493 e. The second-order valence-electron chi connectivity index (χ2n) is 7.57. The van der Waals surface area contributed by atoms with Crippen LogP contribution in [0.5, 0.6) is 5.88 Å². The van der Waals surface area contributed by atoms with Gasteiger partial charge in [0.05, 0.1) is 11.6 Å². The molecule has 0 atom stereocenters. The lowest BCUT2D eigenvalue weighted by molar-refractivity contribution is -0.125. The van der Waals surface area contributed by atoms with E-state index in [1.54, 1.807) is 0 Å². The minimum absolute atomic E-state index is 0.00510. The van der Waals surface area contributed by atoms with Crippen LogP contribution in [0.1, 0.15) is 35.3 Å². The zero-order valence-electron chi connectivity index (χ0n) is 18.6. The van der Waals surface area contributed by atoms with Gasteiger partial charge in [-0.25, -0.2) is 13.2 Å². The predicted octanol–water partition coefficient (Wildman–Crippen LogP) is 5.35. The third-order valence-electron chi connectivity index (χ3n) is 4.78. The quantitative estimate of drug-likeness (QED) is 0.361. The lowest BCUT2D eigenvalue weighted by atomic mass is 10.1. The van der Waals surface area contributed by atoms with Crippen LogP contribution in [-0.2, 0) is 17.3 Å². The van der Waals surface area contributed by atoms with E-state index in [-0.39, 0.29) is 40.4 Å². The lowest BCUT2D eigenvalue weighted by Gasteiger charge is -2.23. The van der Waals surface area contributed by atoms with Crippen molar-refractivity contribution in [2.24, 2.45) is 4.99 Å². The fourth-order valence-electron chi connectivity index (χ4n) is 2.99. The first-order valence-corrected chi connectivity index (χ1v) is 10.6. The Balaban J connectivity index is 2.00. The summed E-state index contributed by atoms with van der Waals surface area (Å²) in [5.74, 6) is -5.60. The van der Waals surface area contributed by atoms with Crippen molar-refractivity contribution in [3.05, 3.63) is 88.2 Å². The molecule has 0 aliphatic rings. The van der Waals surface area contributed by atoms with Crippen molar-refractivity contribution >= 4 is 35.2 Å². The van der Waals surface area contributed by atoms with Crippen LogP contribution in [-0.4, -0.2) is 32.8 Å². The number of rotatable bonds is 5. The van der Waals surface area contributed by atoms with E-state index in [9.17, 15) is 27.9 Å². The van der Waals surface area contributed by atoms with Crippen LogP contribution >= 0.6 is 11.6 Å². The van der Waals surface area contributed by atoms with Crippen molar-refractivity contribution in [3.63, 3.8) is 0 Å². The van der Waals surface area contributed by atoms with Crippen LogP contribution in [0.2, 0.25) is 5.02 Å². The molecule has 2 amide bonds. The molecule has 0 spiro atoms. The Morgan fingerprint density at radius 1 is 1.14 bits per heavy atom. The van der Waals surface area contributed by atoms with E-state index in [0.29, 0.717) is 5.56 Å². The molecule has 11 heteroatoms. The molecule has 0 saturated heterocycles. The first kappa shape index (κ1) is 25.7. The number of hydrogen-bond acceptors (Lipinski definition) is 4. The zero-order valence-corrected chi connectivity index (χ0v) is 19.4. The van der Waals surface area contributed by atoms with Gasteiger partial charge in [-0.1, -0.05) is 35.9 Å². The van der Waals surface area contributed by atoms with Crippen molar-refractivity contribution in [1.29, 1.82) is 0 Å². The third kappa shape index (κ3) is 6.80. The SMILES string of the molecule is CC(=O)N(Cc1ccc(F)c(Cl)c1)/C(=N/C(=O)c1ccc(C(C)(F)F)cc1)Nc1cccc(O)n1. The number of anilines is 1. The number of carbonyl (C=O) groups excluding carboxylic acids is 2. The Hall–Kier alpha value is -3.92. The molecule has 35 heavy (non-hydrogen) atoms. The molecule has 182 valence electrons. The number of benzene rings is 2. The summed E-state index contributed by atoms with van der Waals surface area (Å²) < 4.78 is 40.6. The molecular formula is C24H20ClF3N4O3. The Morgan fingerprint density at radius 2 is 1.83 bits per heavy atom. The van der Waals surface area contributed by atoms with Crippen molar-refractivity contribution < 1.29 is 27.9 Å².